The van der Waals surface area contributed by atoms with Gasteiger partial charge in [0.2, 0.25) is 17.7 Å². The summed E-state index contributed by atoms with van der Waals surface area (Å²) in [5.41, 5.74) is 5.84. The highest BCUT2D eigenvalue weighted by molar-refractivity contribution is 7.98. The SMILES string of the molecule is CSCCC(NC(=O)C(N)CC(C)C)C(=O)NC(C)C(=O)NCC(=O)O. The van der Waals surface area contributed by atoms with Gasteiger partial charge in [-0.05, 0) is 37.7 Å². The molecule has 0 aliphatic rings. The smallest absolute Gasteiger partial charge is 0.322 e. The van der Waals surface area contributed by atoms with Crippen molar-refractivity contribution in [3.05, 3.63) is 0 Å². The van der Waals surface area contributed by atoms with Crippen LogP contribution >= 0.6 is 11.8 Å². The summed E-state index contributed by atoms with van der Waals surface area (Å²) in [5, 5.41) is 15.9. The maximum atomic E-state index is 12.4. The summed E-state index contributed by atoms with van der Waals surface area (Å²) >= 11 is 1.52. The lowest BCUT2D eigenvalue weighted by Gasteiger charge is -2.23. The van der Waals surface area contributed by atoms with Crippen LogP contribution in [0.3, 0.4) is 0 Å². The molecule has 9 nitrogen and oxygen atoms in total. The summed E-state index contributed by atoms with van der Waals surface area (Å²) in [6.07, 6.45) is 2.76. The molecule has 0 aliphatic heterocycles. The lowest BCUT2D eigenvalue weighted by atomic mass is 10.0. The molecule has 26 heavy (non-hydrogen) atoms. The molecule has 0 aromatic heterocycles. The van der Waals surface area contributed by atoms with Crippen molar-refractivity contribution >= 4 is 35.5 Å². The largest absolute Gasteiger partial charge is 0.480 e. The second-order valence-electron chi connectivity index (χ2n) is 6.42. The van der Waals surface area contributed by atoms with Gasteiger partial charge < -0.3 is 26.8 Å². The lowest BCUT2D eigenvalue weighted by molar-refractivity contribution is -0.138. The molecule has 0 aromatic rings. The predicted octanol–water partition coefficient (Wildman–Crippen LogP) is -0.697. The topological polar surface area (TPSA) is 151 Å². The monoisotopic (exact) mass is 390 g/mol. The molecule has 3 unspecified atom stereocenters. The van der Waals surface area contributed by atoms with E-state index in [9.17, 15) is 19.2 Å². The highest BCUT2D eigenvalue weighted by atomic mass is 32.2. The van der Waals surface area contributed by atoms with E-state index in [0.29, 0.717) is 18.6 Å². The van der Waals surface area contributed by atoms with E-state index in [0.717, 1.165) is 0 Å². The first kappa shape index (κ1) is 24.2. The molecule has 0 aromatic carbocycles. The lowest BCUT2D eigenvalue weighted by Crippen LogP contribution is -2.55. The van der Waals surface area contributed by atoms with E-state index in [1.54, 1.807) is 0 Å². The van der Waals surface area contributed by atoms with Crippen LogP contribution < -0.4 is 21.7 Å². The molecule has 0 aliphatic carbocycles. The summed E-state index contributed by atoms with van der Waals surface area (Å²) in [7, 11) is 0. The van der Waals surface area contributed by atoms with Gasteiger partial charge in [0, 0.05) is 0 Å². The Morgan fingerprint density at radius 2 is 1.65 bits per heavy atom. The molecule has 0 rings (SSSR count). The summed E-state index contributed by atoms with van der Waals surface area (Å²) in [4.78, 5) is 46.8. The third-order valence-electron chi connectivity index (χ3n) is 3.47. The van der Waals surface area contributed by atoms with Crippen molar-refractivity contribution in [3.8, 4) is 0 Å². The first-order chi connectivity index (χ1) is 12.1. The fourth-order valence-corrected chi connectivity index (χ4v) is 2.56. The van der Waals surface area contributed by atoms with Crippen molar-refractivity contribution in [2.24, 2.45) is 11.7 Å². The maximum absolute atomic E-state index is 12.4. The molecule has 150 valence electrons. The Labute approximate surface area is 158 Å². The van der Waals surface area contributed by atoms with Gasteiger partial charge in [-0.3, -0.25) is 19.2 Å². The number of aliphatic carboxylic acids is 1. The fourth-order valence-electron chi connectivity index (χ4n) is 2.09. The summed E-state index contributed by atoms with van der Waals surface area (Å²) in [5.74, 6) is -1.84. The van der Waals surface area contributed by atoms with E-state index in [4.69, 9.17) is 10.8 Å². The first-order valence-electron chi connectivity index (χ1n) is 8.43. The number of nitrogens with one attached hydrogen (secondary N) is 3. The van der Waals surface area contributed by atoms with Gasteiger partial charge >= 0.3 is 5.97 Å². The third kappa shape index (κ3) is 10.2. The number of rotatable bonds is 12. The van der Waals surface area contributed by atoms with Gasteiger partial charge in [0.1, 0.15) is 18.6 Å². The minimum absolute atomic E-state index is 0.243. The van der Waals surface area contributed by atoms with E-state index in [1.165, 1.54) is 18.7 Å². The number of carboxylic acid groups (broad SMARTS) is 1. The molecule has 10 heteroatoms. The van der Waals surface area contributed by atoms with Crippen molar-refractivity contribution in [3.63, 3.8) is 0 Å². The van der Waals surface area contributed by atoms with Gasteiger partial charge in [0.15, 0.2) is 0 Å². The van der Waals surface area contributed by atoms with Crippen LogP contribution in [0.4, 0.5) is 0 Å². The first-order valence-corrected chi connectivity index (χ1v) is 9.82. The zero-order valence-corrected chi connectivity index (χ0v) is 16.5. The summed E-state index contributed by atoms with van der Waals surface area (Å²) in [6.45, 7) is 4.80. The Balaban J connectivity index is 4.78. The van der Waals surface area contributed by atoms with Crippen LogP contribution in [-0.2, 0) is 19.2 Å². The molecular weight excluding hydrogens is 360 g/mol. The fraction of sp³-hybridized carbons (Fsp3) is 0.750. The van der Waals surface area contributed by atoms with Crippen LogP contribution in [0.1, 0.15) is 33.6 Å². The molecule has 0 spiro atoms. The standard InChI is InChI=1S/C16H30N4O5S/c1-9(2)7-11(17)15(24)20-12(5-6-26-4)16(25)19-10(3)14(23)18-8-13(21)22/h9-12H,5-8,17H2,1-4H3,(H,18,23)(H,19,25)(H,20,24)(H,21,22). The van der Waals surface area contributed by atoms with Gasteiger partial charge in [0.25, 0.3) is 0 Å². The van der Waals surface area contributed by atoms with Gasteiger partial charge in [-0.2, -0.15) is 11.8 Å². The predicted molar refractivity (Wildman–Crippen MR) is 101 cm³/mol. The van der Waals surface area contributed by atoms with Crippen molar-refractivity contribution in [2.75, 3.05) is 18.6 Å². The number of carbonyl (C=O) groups excluding carboxylic acids is 3. The van der Waals surface area contributed by atoms with Crippen LogP contribution in [0.25, 0.3) is 0 Å². The van der Waals surface area contributed by atoms with Crippen LogP contribution in [0, 0.1) is 5.92 Å². The molecule has 0 bridgehead atoms. The van der Waals surface area contributed by atoms with Crippen LogP contribution in [0.5, 0.6) is 0 Å². The summed E-state index contributed by atoms with van der Waals surface area (Å²) in [6, 6.07) is -2.46. The second kappa shape index (κ2) is 12.5. The molecule has 0 radical (unpaired) electrons. The van der Waals surface area contributed by atoms with Crippen LogP contribution in [0.2, 0.25) is 0 Å². The van der Waals surface area contributed by atoms with Gasteiger partial charge in [-0.1, -0.05) is 13.8 Å². The Hall–Kier alpha value is -1.81. The summed E-state index contributed by atoms with van der Waals surface area (Å²) < 4.78 is 0. The molecule has 0 heterocycles. The Bertz CT molecular complexity index is 501. The zero-order chi connectivity index (χ0) is 20.3. The Kier molecular flexibility index (Phi) is 11.7. The highest BCUT2D eigenvalue weighted by Crippen LogP contribution is 2.05. The van der Waals surface area contributed by atoms with Crippen molar-refractivity contribution in [1.29, 1.82) is 0 Å². The van der Waals surface area contributed by atoms with Crippen LogP contribution in [0.15, 0.2) is 0 Å². The molecule has 0 saturated heterocycles. The molecule has 0 saturated carbocycles. The van der Waals surface area contributed by atoms with E-state index in [2.05, 4.69) is 16.0 Å². The van der Waals surface area contributed by atoms with E-state index in [-0.39, 0.29) is 5.92 Å². The quantitative estimate of drug-likeness (QED) is 0.296. The molecule has 3 atom stereocenters. The van der Waals surface area contributed by atoms with E-state index in [1.807, 2.05) is 20.1 Å². The molecule has 6 N–H and O–H groups in total. The minimum atomic E-state index is -1.18. The number of thioether (sulfide) groups is 1. The maximum Gasteiger partial charge on any atom is 0.322 e. The minimum Gasteiger partial charge on any atom is -0.480 e. The number of hydrogen-bond donors (Lipinski definition) is 5. The van der Waals surface area contributed by atoms with E-state index >= 15 is 0 Å². The zero-order valence-electron chi connectivity index (χ0n) is 15.7. The number of carbonyl (C=O) groups is 4. The molecule has 0 fully saturated rings. The highest BCUT2D eigenvalue weighted by Gasteiger charge is 2.26. The average Bonchev–Trinajstić information content (AvgIpc) is 2.54. The number of carboxylic acids is 1. The van der Waals surface area contributed by atoms with Gasteiger partial charge in [-0.25, -0.2) is 0 Å². The van der Waals surface area contributed by atoms with Gasteiger partial charge in [-0.15, -0.1) is 0 Å². The third-order valence-corrected chi connectivity index (χ3v) is 4.12. The van der Waals surface area contributed by atoms with Gasteiger partial charge in [0.05, 0.1) is 6.04 Å². The average molecular weight is 391 g/mol. The Morgan fingerprint density at radius 3 is 2.15 bits per heavy atom. The Morgan fingerprint density at radius 1 is 1.04 bits per heavy atom. The number of nitrogens with two attached hydrogens (primary N) is 1. The number of hydrogen-bond acceptors (Lipinski definition) is 6. The second-order valence-corrected chi connectivity index (χ2v) is 7.41. The van der Waals surface area contributed by atoms with Crippen LogP contribution in [-0.4, -0.2) is 65.5 Å². The molecule has 3 amide bonds. The molecular formula is C16H30N4O5S. The van der Waals surface area contributed by atoms with Crippen molar-refractivity contribution in [2.45, 2.75) is 51.7 Å². The van der Waals surface area contributed by atoms with Crippen molar-refractivity contribution < 1.29 is 24.3 Å². The normalized spacial score (nSPS) is 14.2. The van der Waals surface area contributed by atoms with Crippen molar-refractivity contribution in [1.82, 2.24) is 16.0 Å². The van der Waals surface area contributed by atoms with E-state index < -0.39 is 48.4 Å². The number of amides is 3.